The molecule has 2 atom stereocenters. The van der Waals surface area contributed by atoms with Gasteiger partial charge in [0.05, 0.1) is 0 Å². The van der Waals surface area contributed by atoms with E-state index in [0.717, 1.165) is 41.7 Å². The van der Waals surface area contributed by atoms with E-state index in [1.165, 1.54) is 12.8 Å². The van der Waals surface area contributed by atoms with E-state index in [0.29, 0.717) is 6.04 Å². The van der Waals surface area contributed by atoms with Crippen LogP contribution in [-0.4, -0.2) is 29.6 Å². The highest BCUT2D eigenvalue weighted by Crippen LogP contribution is 2.29. The molecular weight excluding hydrogens is 303 g/mol. The summed E-state index contributed by atoms with van der Waals surface area (Å²) in [5.74, 6) is 0. The fourth-order valence-electron chi connectivity index (χ4n) is 3.05. The van der Waals surface area contributed by atoms with Crippen LogP contribution in [0.1, 0.15) is 45.6 Å². The predicted octanol–water partition coefficient (Wildman–Crippen LogP) is 4.74. The van der Waals surface area contributed by atoms with Crippen LogP contribution in [0.15, 0.2) is 18.2 Å². The van der Waals surface area contributed by atoms with Gasteiger partial charge in [0.25, 0.3) is 0 Å². The van der Waals surface area contributed by atoms with Crippen LogP contribution in [0.25, 0.3) is 0 Å². The highest BCUT2D eigenvalue weighted by atomic mass is 35.5. The highest BCUT2D eigenvalue weighted by Gasteiger charge is 2.34. The Balaban J connectivity index is 2.20. The van der Waals surface area contributed by atoms with E-state index in [1.54, 1.807) is 0 Å². The fraction of sp³-hybridized carbons (Fsp3) is 0.647. The fourth-order valence-corrected chi connectivity index (χ4v) is 3.57. The van der Waals surface area contributed by atoms with Gasteiger partial charge in [-0.25, -0.2) is 0 Å². The molecule has 0 amide bonds. The molecule has 0 bridgehead atoms. The molecule has 0 aliphatic carbocycles. The highest BCUT2D eigenvalue weighted by molar-refractivity contribution is 6.35. The number of hydrogen-bond acceptors (Lipinski definition) is 2. The van der Waals surface area contributed by atoms with Crippen molar-refractivity contribution in [3.63, 3.8) is 0 Å². The van der Waals surface area contributed by atoms with Gasteiger partial charge in [0.1, 0.15) is 0 Å². The van der Waals surface area contributed by atoms with Crippen molar-refractivity contribution in [1.29, 1.82) is 0 Å². The summed E-state index contributed by atoms with van der Waals surface area (Å²) in [7, 11) is 0. The summed E-state index contributed by atoms with van der Waals surface area (Å²) in [6.07, 6.45) is 3.52. The molecule has 1 aliphatic heterocycles. The van der Waals surface area contributed by atoms with Crippen LogP contribution in [0.2, 0.25) is 10.0 Å². The third-order valence-corrected chi connectivity index (χ3v) is 5.37. The topological polar surface area (TPSA) is 15.3 Å². The summed E-state index contributed by atoms with van der Waals surface area (Å²) in [6.45, 7) is 9.70. The monoisotopic (exact) mass is 328 g/mol. The van der Waals surface area contributed by atoms with Gasteiger partial charge in [-0.1, -0.05) is 49.5 Å². The van der Waals surface area contributed by atoms with Crippen LogP contribution in [0.4, 0.5) is 0 Å². The Morgan fingerprint density at radius 1 is 1.29 bits per heavy atom. The second-order valence-electron chi connectivity index (χ2n) is 6.34. The molecule has 0 aromatic heterocycles. The number of piperazine rings is 1. The predicted molar refractivity (Wildman–Crippen MR) is 92.3 cm³/mol. The van der Waals surface area contributed by atoms with Crippen LogP contribution in [0.5, 0.6) is 0 Å². The van der Waals surface area contributed by atoms with Crippen molar-refractivity contribution in [1.82, 2.24) is 10.2 Å². The quantitative estimate of drug-likeness (QED) is 0.840. The molecule has 118 valence electrons. The number of benzene rings is 1. The van der Waals surface area contributed by atoms with E-state index in [1.807, 2.05) is 18.2 Å². The van der Waals surface area contributed by atoms with Gasteiger partial charge in [-0.05, 0) is 31.9 Å². The first-order chi connectivity index (χ1) is 9.99. The van der Waals surface area contributed by atoms with Crippen molar-refractivity contribution in [2.24, 2.45) is 0 Å². The van der Waals surface area contributed by atoms with Crippen LogP contribution in [0.3, 0.4) is 0 Å². The van der Waals surface area contributed by atoms with Gasteiger partial charge in [0.2, 0.25) is 0 Å². The van der Waals surface area contributed by atoms with Gasteiger partial charge in [-0.15, -0.1) is 0 Å². The zero-order valence-corrected chi connectivity index (χ0v) is 14.8. The zero-order chi connectivity index (χ0) is 15.5. The second-order valence-corrected chi connectivity index (χ2v) is 7.16. The van der Waals surface area contributed by atoms with Crippen molar-refractivity contribution in [3.05, 3.63) is 33.8 Å². The van der Waals surface area contributed by atoms with Gasteiger partial charge >= 0.3 is 0 Å². The van der Waals surface area contributed by atoms with E-state index in [4.69, 9.17) is 23.2 Å². The number of nitrogens with one attached hydrogen (secondary N) is 1. The van der Waals surface area contributed by atoms with Crippen molar-refractivity contribution < 1.29 is 0 Å². The molecule has 1 fully saturated rings. The third kappa shape index (κ3) is 4.13. The Morgan fingerprint density at radius 3 is 2.52 bits per heavy atom. The van der Waals surface area contributed by atoms with Gasteiger partial charge in [0.15, 0.2) is 0 Å². The maximum Gasteiger partial charge on any atom is 0.0465 e. The molecule has 2 unspecified atom stereocenters. The minimum absolute atomic E-state index is 0.179. The molecule has 1 aromatic rings. The van der Waals surface area contributed by atoms with E-state index < -0.39 is 0 Å². The van der Waals surface area contributed by atoms with Gasteiger partial charge in [0, 0.05) is 46.8 Å². The number of halogens is 2. The molecule has 1 saturated heterocycles. The summed E-state index contributed by atoms with van der Waals surface area (Å²) in [5.41, 5.74) is 1.24. The average molecular weight is 329 g/mol. The summed E-state index contributed by atoms with van der Waals surface area (Å²) >= 11 is 12.7. The van der Waals surface area contributed by atoms with Gasteiger partial charge in [-0.3, -0.25) is 4.90 Å². The molecular formula is C17H26Cl2N2. The Hall–Kier alpha value is -0.280. The maximum absolute atomic E-state index is 6.35. The Bertz CT molecular complexity index is 458. The van der Waals surface area contributed by atoms with Crippen molar-refractivity contribution >= 4 is 23.2 Å². The third-order valence-electron chi connectivity index (χ3n) is 4.66. The van der Waals surface area contributed by atoms with Crippen LogP contribution >= 0.6 is 23.2 Å². The minimum atomic E-state index is 0.179. The molecule has 2 rings (SSSR count). The Kier molecular flexibility index (Phi) is 5.96. The zero-order valence-electron chi connectivity index (χ0n) is 13.3. The normalized spacial score (nSPS) is 27.0. The summed E-state index contributed by atoms with van der Waals surface area (Å²) in [6, 6.07) is 6.32. The second kappa shape index (κ2) is 7.32. The Labute approximate surface area is 138 Å². The summed E-state index contributed by atoms with van der Waals surface area (Å²) in [5, 5.41) is 5.26. The molecule has 1 aliphatic rings. The molecule has 0 radical (unpaired) electrons. The van der Waals surface area contributed by atoms with Gasteiger partial charge in [-0.2, -0.15) is 0 Å². The number of hydrogen-bond donors (Lipinski definition) is 1. The van der Waals surface area contributed by atoms with Crippen LogP contribution in [-0.2, 0) is 6.54 Å². The lowest BCUT2D eigenvalue weighted by Crippen LogP contribution is -2.62. The molecule has 0 spiro atoms. The maximum atomic E-state index is 6.35. The van der Waals surface area contributed by atoms with Crippen LogP contribution in [0, 0.1) is 0 Å². The number of nitrogens with zero attached hydrogens (tertiary/aromatic N) is 1. The van der Waals surface area contributed by atoms with Crippen molar-refractivity contribution in [2.75, 3.05) is 13.1 Å². The molecule has 1 aromatic carbocycles. The summed E-state index contributed by atoms with van der Waals surface area (Å²) in [4.78, 5) is 2.55. The smallest absolute Gasteiger partial charge is 0.0465 e. The molecule has 1 heterocycles. The van der Waals surface area contributed by atoms with Crippen molar-refractivity contribution in [3.8, 4) is 0 Å². The van der Waals surface area contributed by atoms with Gasteiger partial charge < -0.3 is 5.32 Å². The first kappa shape index (κ1) is 17.1. The lowest BCUT2D eigenvalue weighted by molar-refractivity contribution is 0.0726. The molecule has 2 nitrogen and oxygen atoms in total. The molecule has 4 heteroatoms. The van der Waals surface area contributed by atoms with Crippen LogP contribution < -0.4 is 5.32 Å². The standard InChI is InChI=1S/C17H26Cl2N2/c1-4-7-13-10-20-17(3,5-2)12-21(13)11-14-15(18)8-6-9-16(14)19/h6,8-9,13,20H,4-5,7,10-12H2,1-3H3. The largest absolute Gasteiger partial charge is 0.309 e. The SMILES string of the molecule is CCCC1CNC(C)(CC)CN1Cc1c(Cl)cccc1Cl. The van der Waals surface area contributed by atoms with E-state index in [2.05, 4.69) is 31.0 Å². The average Bonchev–Trinajstić information content (AvgIpc) is 2.46. The molecule has 21 heavy (non-hydrogen) atoms. The lowest BCUT2D eigenvalue weighted by Gasteiger charge is -2.46. The Morgan fingerprint density at radius 2 is 1.95 bits per heavy atom. The van der Waals surface area contributed by atoms with E-state index in [9.17, 15) is 0 Å². The minimum Gasteiger partial charge on any atom is -0.309 e. The van der Waals surface area contributed by atoms with E-state index >= 15 is 0 Å². The first-order valence-electron chi connectivity index (χ1n) is 7.91. The lowest BCUT2D eigenvalue weighted by atomic mass is 9.92. The number of rotatable bonds is 5. The first-order valence-corrected chi connectivity index (χ1v) is 8.66. The molecule has 0 saturated carbocycles. The van der Waals surface area contributed by atoms with Crippen molar-refractivity contribution in [2.45, 2.75) is 58.2 Å². The molecule has 1 N–H and O–H groups in total. The summed E-state index contributed by atoms with van der Waals surface area (Å²) < 4.78 is 0. The van der Waals surface area contributed by atoms with E-state index in [-0.39, 0.29) is 5.54 Å².